The van der Waals surface area contributed by atoms with E-state index in [2.05, 4.69) is 15.3 Å². The molecule has 2 aromatic rings. The van der Waals surface area contributed by atoms with Crippen molar-refractivity contribution in [2.75, 3.05) is 31.0 Å². The number of carbonyl (C=O) groups excluding carboxylic acids is 1. The van der Waals surface area contributed by atoms with Crippen molar-refractivity contribution in [2.45, 2.75) is 5.16 Å². The van der Waals surface area contributed by atoms with Gasteiger partial charge < -0.3 is 25.6 Å². The van der Waals surface area contributed by atoms with E-state index in [1.54, 1.807) is 6.07 Å². The second-order valence-electron chi connectivity index (χ2n) is 4.84. The predicted octanol–water partition coefficient (Wildman–Crippen LogP) is 0.798. The van der Waals surface area contributed by atoms with Crippen LogP contribution in [0.4, 0.5) is 11.5 Å². The number of aromatic nitrogens is 2. The molecule has 0 aliphatic heterocycles. The van der Waals surface area contributed by atoms with Crippen LogP contribution >= 0.6 is 11.8 Å². The fourth-order valence-electron chi connectivity index (χ4n) is 1.95. The molecule has 0 radical (unpaired) electrons. The number of methoxy groups -OCH3 is 2. The van der Waals surface area contributed by atoms with E-state index in [0.29, 0.717) is 11.5 Å². The summed E-state index contributed by atoms with van der Waals surface area (Å²) in [4.78, 5) is 41.3. The molecule has 138 valence electrons. The number of thioether (sulfide) groups is 1. The number of rotatable bonds is 7. The van der Waals surface area contributed by atoms with Crippen molar-refractivity contribution in [2.24, 2.45) is 0 Å². The van der Waals surface area contributed by atoms with Gasteiger partial charge in [0.15, 0.2) is 22.5 Å². The standard InChI is InChI=1S/C15H16N4O6S/c1-24-8-4-3-7(5-9(8)25-2)13(22)17-11-12(16)18-15(19-14(11)23)26-6-10(20)21/h3-5H,6H2,1-2H3,(H,17,22)(H,20,21)(H3,16,18,19,23). The maximum absolute atomic E-state index is 12.4. The van der Waals surface area contributed by atoms with E-state index in [-0.39, 0.29) is 28.0 Å². The molecule has 1 amide bonds. The highest BCUT2D eigenvalue weighted by atomic mass is 32.2. The van der Waals surface area contributed by atoms with E-state index < -0.39 is 17.4 Å². The minimum Gasteiger partial charge on any atom is -0.493 e. The number of aromatic amines is 1. The number of carbonyl (C=O) groups is 2. The number of carboxylic acid groups (broad SMARTS) is 1. The van der Waals surface area contributed by atoms with Gasteiger partial charge in [-0.1, -0.05) is 11.8 Å². The lowest BCUT2D eigenvalue weighted by molar-refractivity contribution is -0.133. The van der Waals surface area contributed by atoms with Crippen molar-refractivity contribution in [3.63, 3.8) is 0 Å². The lowest BCUT2D eigenvalue weighted by Gasteiger charge is -2.11. The molecule has 1 heterocycles. The van der Waals surface area contributed by atoms with Crippen LogP contribution in [-0.4, -0.2) is 46.9 Å². The Morgan fingerprint density at radius 2 is 2.00 bits per heavy atom. The number of nitrogens with zero attached hydrogens (tertiary/aromatic N) is 1. The van der Waals surface area contributed by atoms with Crippen LogP contribution in [0, 0.1) is 0 Å². The van der Waals surface area contributed by atoms with Crippen LogP contribution in [0.15, 0.2) is 28.2 Å². The van der Waals surface area contributed by atoms with Crippen molar-refractivity contribution in [3.05, 3.63) is 34.1 Å². The smallest absolute Gasteiger partial charge is 0.313 e. The highest BCUT2D eigenvalue weighted by molar-refractivity contribution is 7.99. The maximum atomic E-state index is 12.4. The average molecular weight is 380 g/mol. The van der Waals surface area contributed by atoms with Gasteiger partial charge >= 0.3 is 5.97 Å². The number of benzene rings is 1. The predicted molar refractivity (Wildman–Crippen MR) is 95.1 cm³/mol. The summed E-state index contributed by atoms with van der Waals surface area (Å²) in [6.45, 7) is 0. The number of hydrogen-bond donors (Lipinski definition) is 4. The minimum atomic E-state index is -1.07. The van der Waals surface area contributed by atoms with Gasteiger partial charge in [-0.25, -0.2) is 4.98 Å². The molecular formula is C15H16N4O6S. The first-order chi connectivity index (χ1) is 12.3. The molecule has 0 aliphatic carbocycles. The normalized spacial score (nSPS) is 10.2. The van der Waals surface area contributed by atoms with Crippen molar-refractivity contribution >= 4 is 35.1 Å². The number of amides is 1. The Morgan fingerprint density at radius 1 is 1.31 bits per heavy atom. The first-order valence-corrected chi connectivity index (χ1v) is 8.12. The molecule has 10 nitrogen and oxygen atoms in total. The number of nitrogen functional groups attached to an aromatic ring is 1. The van der Waals surface area contributed by atoms with Crippen molar-refractivity contribution < 1.29 is 24.2 Å². The summed E-state index contributed by atoms with van der Waals surface area (Å²) < 4.78 is 10.2. The van der Waals surface area contributed by atoms with E-state index in [4.69, 9.17) is 20.3 Å². The molecule has 0 saturated heterocycles. The molecule has 0 fully saturated rings. The van der Waals surface area contributed by atoms with Crippen molar-refractivity contribution in [3.8, 4) is 11.5 Å². The molecule has 0 atom stereocenters. The molecule has 11 heteroatoms. The lowest BCUT2D eigenvalue weighted by Crippen LogP contribution is -2.23. The van der Waals surface area contributed by atoms with Gasteiger partial charge in [0.2, 0.25) is 0 Å². The third-order valence-corrected chi connectivity index (χ3v) is 4.00. The van der Waals surface area contributed by atoms with Crippen LogP contribution in [0.1, 0.15) is 10.4 Å². The van der Waals surface area contributed by atoms with E-state index in [1.807, 2.05) is 0 Å². The molecule has 0 unspecified atom stereocenters. The van der Waals surface area contributed by atoms with Gasteiger partial charge in [-0.3, -0.25) is 19.4 Å². The number of anilines is 2. The Bertz CT molecular complexity index is 898. The lowest BCUT2D eigenvalue weighted by atomic mass is 10.2. The van der Waals surface area contributed by atoms with Crippen LogP contribution in [0.3, 0.4) is 0 Å². The summed E-state index contributed by atoms with van der Waals surface area (Å²) in [7, 11) is 2.90. The maximum Gasteiger partial charge on any atom is 0.313 e. The van der Waals surface area contributed by atoms with E-state index >= 15 is 0 Å². The third-order valence-electron chi connectivity index (χ3n) is 3.14. The molecule has 5 N–H and O–H groups in total. The molecule has 1 aromatic heterocycles. The first kappa shape index (κ1) is 19.1. The quantitative estimate of drug-likeness (QED) is 0.403. The van der Waals surface area contributed by atoms with Gasteiger partial charge in [0.25, 0.3) is 11.5 Å². The third kappa shape index (κ3) is 4.45. The van der Waals surface area contributed by atoms with Crippen molar-refractivity contribution in [1.82, 2.24) is 9.97 Å². The SMILES string of the molecule is COc1ccc(C(=O)Nc2c(N)nc(SCC(=O)O)[nH]c2=O)cc1OC. The number of nitrogens with two attached hydrogens (primary N) is 1. The summed E-state index contributed by atoms with van der Waals surface area (Å²) in [5, 5.41) is 11.1. The number of aliphatic carboxylic acids is 1. The van der Waals surface area contributed by atoms with Crippen LogP contribution in [-0.2, 0) is 4.79 Å². The summed E-state index contributed by atoms with van der Waals surface area (Å²) in [5.41, 5.74) is 4.99. The summed E-state index contributed by atoms with van der Waals surface area (Å²) in [6, 6.07) is 4.49. The topological polar surface area (TPSA) is 157 Å². The Morgan fingerprint density at radius 3 is 2.58 bits per heavy atom. The second-order valence-corrected chi connectivity index (χ2v) is 5.80. The Hall–Kier alpha value is -3.21. The Balaban J connectivity index is 2.24. The zero-order valence-electron chi connectivity index (χ0n) is 13.9. The average Bonchev–Trinajstić information content (AvgIpc) is 2.62. The van der Waals surface area contributed by atoms with E-state index in [9.17, 15) is 14.4 Å². The van der Waals surface area contributed by atoms with Gasteiger partial charge in [-0.05, 0) is 18.2 Å². The van der Waals surface area contributed by atoms with Gasteiger partial charge in [-0.2, -0.15) is 0 Å². The monoisotopic (exact) mass is 380 g/mol. The van der Waals surface area contributed by atoms with Crippen LogP contribution in [0.25, 0.3) is 0 Å². The molecule has 1 aromatic carbocycles. The molecule has 0 bridgehead atoms. The fourth-order valence-corrected chi connectivity index (χ4v) is 2.54. The largest absolute Gasteiger partial charge is 0.493 e. The molecular weight excluding hydrogens is 364 g/mol. The Kier molecular flexibility index (Phi) is 6.07. The van der Waals surface area contributed by atoms with Gasteiger partial charge in [-0.15, -0.1) is 0 Å². The Labute approximate surface area is 151 Å². The van der Waals surface area contributed by atoms with Gasteiger partial charge in [0.1, 0.15) is 5.69 Å². The van der Waals surface area contributed by atoms with Crippen LogP contribution < -0.4 is 26.1 Å². The highest BCUT2D eigenvalue weighted by Gasteiger charge is 2.16. The number of hydrogen-bond acceptors (Lipinski definition) is 8. The number of ether oxygens (including phenoxy) is 2. The van der Waals surface area contributed by atoms with Crippen molar-refractivity contribution in [1.29, 1.82) is 0 Å². The molecule has 0 saturated carbocycles. The second kappa shape index (κ2) is 8.25. The molecule has 2 rings (SSSR count). The fraction of sp³-hybridized carbons (Fsp3) is 0.200. The molecule has 26 heavy (non-hydrogen) atoms. The highest BCUT2D eigenvalue weighted by Crippen LogP contribution is 2.28. The summed E-state index contributed by atoms with van der Waals surface area (Å²) in [5.74, 6) is -1.39. The molecule has 0 aliphatic rings. The summed E-state index contributed by atoms with van der Waals surface area (Å²) >= 11 is 0.801. The zero-order chi connectivity index (χ0) is 19.3. The van der Waals surface area contributed by atoms with Crippen LogP contribution in [0.5, 0.6) is 11.5 Å². The van der Waals surface area contributed by atoms with Crippen LogP contribution in [0.2, 0.25) is 0 Å². The van der Waals surface area contributed by atoms with E-state index in [0.717, 1.165) is 11.8 Å². The van der Waals surface area contributed by atoms with Gasteiger partial charge in [0.05, 0.1) is 20.0 Å². The number of H-pyrrole nitrogens is 1. The first-order valence-electron chi connectivity index (χ1n) is 7.13. The molecule has 0 spiro atoms. The minimum absolute atomic E-state index is 0.0408. The van der Waals surface area contributed by atoms with Gasteiger partial charge in [0, 0.05) is 5.56 Å². The zero-order valence-corrected chi connectivity index (χ0v) is 14.7. The summed E-state index contributed by atoms with van der Waals surface area (Å²) in [6.07, 6.45) is 0. The number of nitrogens with one attached hydrogen (secondary N) is 2. The number of carboxylic acids is 1. The van der Waals surface area contributed by atoms with E-state index in [1.165, 1.54) is 26.4 Å².